The molecule has 2 aliphatic carbocycles. The van der Waals surface area contributed by atoms with E-state index in [0.29, 0.717) is 42.5 Å². The van der Waals surface area contributed by atoms with E-state index < -0.39 is 39.0 Å². The molecule has 4 aromatic heterocycles. The molecule has 2 fully saturated rings. The largest absolute Gasteiger partial charge is 0.431 e. The Morgan fingerprint density at radius 2 is 1.77 bits per heavy atom. The van der Waals surface area contributed by atoms with Crippen molar-refractivity contribution in [3.8, 4) is 22.6 Å². The number of fused-ring (bicyclic) bond motifs is 1. The van der Waals surface area contributed by atoms with Gasteiger partial charge in [-0.1, -0.05) is 13.0 Å². The van der Waals surface area contributed by atoms with Crippen LogP contribution >= 0.6 is 0 Å². The van der Waals surface area contributed by atoms with Crippen molar-refractivity contribution in [1.82, 2.24) is 24.1 Å². The Morgan fingerprint density at radius 1 is 1.08 bits per heavy atom. The summed E-state index contributed by atoms with van der Waals surface area (Å²) in [4.78, 5) is 25.9. The number of nitrogens with zero attached hydrogens (tertiary/aromatic N) is 5. The quantitative estimate of drug-likeness (QED) is 0.309. The number of rotatable bonds is 6. The van der Waals surface area contributed by atoms with E-state index in [-0.39, 0.29) is 33.2 Å². The van der Waals surface area contributed by atoms with Crippen molar-refractivity contribution in [2.24, 2.45) is 7.05 Å². The normalized spacial score (nSPS) is 17.1. The summed E-state index contributed by atoms with van der Waals surface area (Å²) in [5, 5.41) is 0. The molecule has 2 aliphatic rings. The molecule has 0 amide bonds. The Bertz CT molecular complexity index is 1800. The zero-order chi connectivity index (χ0) is 27.9. The molecule has 0 spiro atoms. The van der Waals surface area contributed by atoms with Crippen LogP contribution in [0.4, 0.5) is 17.6 Å². The van der Waals surface area contributed by atoms with Crippen LogP contribution in [0.3, 0.4) is 0 Å². The molecule has 0 N–H and O–H groups in total. The first-order chi connectivity index (χ1) is 18.3. The van der Waals surface area contributed by atoms with Crippen LogP contribution in [0.5, 0.6) is 0 Å². The Balaban J connectivity index is 1.53. The molecule has 2 saturated carbocycles. The van der Waals surface area contributed by atoms with Gasteiger partial charge in [-0.2, -0.15) is 13.2 Å². The lowest BCUT2D eigenvalue weighted by molar-refractivity contribution is -0.144. The summed E-state index contributed by atoms with van der Waals surface area (Å²) in [5.74, 6) is -0.326. The molecule has 6 rings (SSSR count). The molecule has 4 aromatic rings. The fourth-order valence-corrected chi connectivity index (χ4v) is 5.84. The Hall–Kier alpha value is -3.61. The van der Waals surface area contributed by atoms with Gasteiger partial charge in [0.1, 0.15) is 16.9 Å². The maximum absolute atomic E-state index is 14.3. The van der Waals surface area contributed by atoms with E-state index in [1.165, 1.54) is 37.0 Å². The van der Waals surface area contributed by atoms with Crippen molar-refractivity contribution in [2.45, 2.75) is 55.4 Å². The standard InChI is InChI=1S/C26H23F4N5O3S/c1-3-39(37,38)18-10-15(14-4-7-19(31-12-14)25(27)8-9-25)13-32-21(18)23-33-17-11-20(26(28,29)30)35(16-5-6-16)24(36)22(17)34(23)2/h4,7,10-13,16H,3,5-6,8-9H2,1-2H3. The van der Waals surface area contributed by atoms with Gasteiger partial charge >= 0.3 is 6.18 Å². The first kappa shape index (κ1) is 25.7. The topological polar surface area (TPSA) is 99.7 Å². The van der Waals surface area contributed by atoms with Gasteiger partial charge in [-0.15, -0.1) is 0 Å². The van der Waals surface area contributed by atoms with Crippen LogP contribution in [0.15, 0.2) is 46.3 Å². The van der Waals surface area contributed by atoms with Gasteiger partial charge in [0.05, 0.1) is 21.9 Å². The molecule has 0 radical (unpaired) electrons. The van der Waals surface area contributed by atoms with Crippen molar-refractivity contribution in [3.05, 3.63) is 58.4 Å². The highest BCUT2D eigenvalue weighted by Gasteiger charge is 2.46. The summed E-state index contributed by atoms with van der Waals surface area (Å²) >= 11 is 0. The predicted molar refractivity (Wildman–Crippen MR) is 134 cm³/mol. The molecule has 0 aliphatic heterocycles. The fourth-order valence-electron chi connectivity index (χ4n) is 4.78. The van der Waals surface area contributed by atoms with Crippen LogP contribution in [0.2, 0.25) is 0 Å². The Labute approximate surface area is 220 Å². The minimum absolute atomic E-state index is 0.0519. The molecule has 0 aromatic carbocycles. The van der Waals surface area contributed by atoms with E-state index in [1.807, 2.05) is 0 Å². The third kappa shape index (κ3) is 4.23. The maximum atomic E-state index is 14.3. The van der Waals surface area contributed by atoms with Crippen LogP contribution in [0, 0.1) is 0 Å². The third-order valence-electron chi connectivity index (χ3n) is 7.30. The third-order valence-corrected chi connectivity index (χ3v) is 9.04. The highest BCUT2D eigenvalue weighted by atomic mass is 32.2. The maximum Gasteiger partial charge on any atom is 0.431 e. The number of imidazole rings is 1. The average Bonchev–Trinajstić information content (AvgIpc) is 3.83. The molecule has 0 saturated heterocycles. The molecule has 4 heterocycles. The summed E-state index contributed by atoms with van der Waals surface area (Å²) in [7, 11) is -2.45. The molecular formula is C26H23F4N5O3S. The summed E-state index contributed by atoms with van der Waals surface area (Å²) < 4.78 is 84.2. The minimum Gasteiger partial charge on any atom is -0.321 e. The number of aromatic nitrogens is 5. The Morgan fingerprint density at radius 3 is 2.33 bits per heavy atom. The summed E-state index contributed by atoms with van der Waals surface area (Å²) in [6.07, 6.45) is -0.193. The molecule has 13 heteroatoms. The zero-order valence-corrected chi connectivity index (χ0v) is 21.8. The van der Waals surface area contributed by atoms with E-state index in [1.54, 1.807) is 12.1 Å². The Kier molecular flexibility index (Phi) is 5.55. The number of sulfone groups is 1. The number of pyridine rings is 3. The van der Waals surface area contributed by atoms with Gasteiger partial charge in [-0.05, 0) is 43.9 Å². The van der Waals surface area contributed by atoms with E-state index in [4.69, 9.17) is 0 Å². The van der Waals surface area contributed by atoms with Gasteiger partial charge < -0.3 is 4.57 Å². The lowest BCUT2D eigenvalue weighted by atomic mass is 10.1. The SMILES string of the molecule is CCS(=O)(=O)c1cc(-c2ccc(C3(F)CC3)nc2)cnc1-c1nc2cc(C(F)(F)F)n(C3CC3)c(=O)c2n1C. The van der Waals surface area contributed by atoms with E-state index in [0.717, 1.165) is 10.6 Å². The van der Waals surface area contributed by atoms with Gasteiger partial charge in [0.25, 0.3) is 5.56 Å². The van der Waals surface area contributed by atoms with Crippen LogP contribution in [0.1, 0.15) is 50.0 Å². The molecule has 39 heavy (non-hydrogen) atoms. The van der Waals surface area contributed by atoms with Crippen molar-refractivity contribution in [2.75, 3.05) is 5.75 Å². The van der Waals surface area contributed by atoms with Crippen LogP contribution in [-0.2, 0) is 28.7 Å². The molecule has 8 nitrogen and oxygen atoms in total. The summed E-state index contributed by atoms with van der Waals surface area (Å²) in [6.45, 7) is 1.46. The smallest absolute Gasteiger partial charge is 0.321 e. The number of hydrogen-bond donors (Lipinski definition) is 0. The second-order valence-electron chi connectivity index (χ2n) is 10.0. The predicted octanol–water partition coefficient (Wildman–Crippen LogP) is 4.96. The highest BCUT2D eigenvalue weighted by Crippen LogP contribution is 2.48. The lowest BCUT2D eigenvalue weighted by Gasteiger charge is -2.15. The second-order valence-corrected chi connectivity index (χ2v) is 12.3. The second kappa shape index (κ2) is 8.44. The summed E-state index contributed by atoms with van der Waals surface area (Å²) in [5.41, 5.74) is -2.47. The minimum atomic E-state index is -4.77. The number of aryl methyl sites for hydroxylation is 1. The van der Waals surface area contributed by atoms with Crippen molar-refractivity contribution >= 4 is 20.9 Å². The van der Waals surface area contributed by atoms with E-state index >= 15 is 0 Å². The van der Waals surface area contributed by atoms with Crippen molar-refractivity contribution in [1.29, 1.82) is 0 Å². The molecular weight excluding hydrogens is 538 g/mol. The fraction of sp³-hybridized carbons (Fsp3) is 0.385. The molecule has 0 unspecified atom stereocenters. The monoisotopic (exact) mass is 561 g/mol. The van der Waals surface area contributed by atoms with E-state index in [9.17, 15) is 30.8 Å². The van der Waals surface area contributed by atoms with Gasteiger partial charge in [0.2, 0.25) is 0 Å². The highest BCUT2D eigenvalue weighted by molar-refractivity contribution is 7.91. The summed E-state index contributed by atoms with van der Waals surface area (Å²) in [6, 6.07) is 4.86. The van der Waals surface area contributed by atoms with Crippen molar-refractivity contribution < 1.29 is 26.0 Å². The molecule has 0 bridgehead atoms. The number of hydrogen-bond acceptors (Lipinski definition) is 6. The molecule has 0 atom stereocenters. The van der Waals surface area contributed by atoms with Crippen molar-refractivity contribution in [3.63, 3.8) is 0 Å². The number of halogens is 4. The first-order valence-corrected chi connectivity index (χ1v) is 14.1. The van der Waals surface area contributed by atoms with Gasteiger partial charge in [0, 0.05) is 36.6 Å². The lowest BCUT2D eigenvalue weighted by Crippen LogP contribution is -2.28. The van der Waals surface area contributed by atoms with Crippen LogP contribution in [0.25, 0.3) is 33.7 Å². The van der Waals surface area contributed by atoms with Gasteiger partial charge in [-0.25, -0.2) is 17.8 Å². The van der Waals surface area contributed by atoms with Crippen LogP contribution in [-0.4, -0.2) is 38.3 Å². The average molecular weight is 562 g/mol. The number of alkyl halides is 4. The zero-order valence-electron chi connectivity index (χ0n) is 21.0. The van der Waals surface area contributed by atoms with Gasteiger partial charge in [0.15, 0.2) is 21.3 Å². The van der Waals surface area contributed by atoms with Gasteiger partial charge in [-0.3, -0.25) is 19.3 Å². The van der Waals surface area contributed by atoms with Crippen LogP contribution < -0.4 is 5.56 Å². The van der Waals surface area contributed by atoms with E-state index in [2.05, 4.69) is 15.0 Å². The first-order valence-electron chi connectivity index (χ1n) is 12.4. The molecule has 204 valence electrons.